The minimum absolute atomic E-state index is 0. The molecule has 22 heavy (non-hydrogen) atoms. The summed E-state index contributed by atoms with van der Waals surface area (Å²) in [5.74, 6) is 0.479. The monoisotopic (exact) mass is 440 g/mol. The van der Waals surface area contributed by atoms with Crippen LogP contribution in [0.25, 0.3) is 0 Å². The van der Waals surface area contributed by atoms with E-state index in [1.54, 1.807) is 18.4 Å². The summed E-state index contributed by atoms with van der Waals surface area (Å²) in [5.41, 5.74) is 7.27. The molecular formula is C15H29IN4OS. The second-order valence-corrected chi connectivity index (χ2v) is 5.80. The van der Waals surface area contributed by atoms with E-state index in [0.717, 1.165) is 13.1 Å². The second kappa shape index (κ2) is 12.1. The van der Waals surface area contributed by atoms with Crippen LogP contribution in [-0.2, 0) is 4.74 Å². The number of halogens is 1. The molecule has 2 unspecified atom stereocenters. The summed E-state index contributed by atoms with van der Waals surface area (Å²) in [6, 6.07) is 2.61. The van der Waals surface area contributed by atoms with Crippen molar-refractivity contribution < 1.29 is 4.74 Å². The first-order valence-corrected chi connectivity index (χ1v) is 8.38. The lowest BCUT2D eigenvalue weighted by Crippen LogP contribution is -2.41. The van der Waals surface area contributed by atoms with Crippen molar-refractivity contribution in [1.29, 1.82) is 0 Å². The van der Waals surface area contributed by atoms with Crippen LogP contribution < -0.4 is 11.1 Å². The lowest BCUT2D eigenvalue weighted by molar-refractivity contribution is 0.179. The Morgan fingerprint density at radius 1 is 1.45 bits per heavy atom. The van der Waals surface area contributed by atoms with Gasteiger partial charge < -0.3 is 15.8 Å². The highest BCUT2D eigenvalue weighted by Gasteiger charge is 2.18. The molecule has 2 atom stereocenters. The Morgan fingerprint density at radius 3 is 2.64 bits per heavy atom. The van der Waals surface area contributed by atoms with Crippen LogP contribution in [0.4, 0.5) is 0 Å². The Morgan fingerprint density at radius 2 is 2.14 bits per heavy atom. The molecule has 3 N–H and O–H groups in total. The number of aliphatic imine (C=N–C) groups is 1. The van der Waals surface area contributed by atoms with Crippen LogP contribution in [0.2, 0.25) is 0 Å². The fourth-order valence-corrected chi connectivity index (χ4v) is 3.04. The van der Waals surface area contributed by atoms with E-state index < -0.39 is 0 Å². The predicted octanol–water partition coefficient (Wildman–Crippen LogP) is 2.69. The molecule has 0 aliphatic carbocycles. The molecule has 0 aliphatic heterocycles. The van der Waals surface area contributed by atoms with Crippen LogP contribution in [-0.4, -0.2) is 50.3 Å². The van der Waals surface area contributed by atoms with Gasteiger partial charge in [-0.2, -0.15) is 11.3 Å². The van der Waals surface area contributed by atoms with Crippen molar-refractivity contribution >= 4 is 41.3 Å². The van der Waals surface area contributed by atoms with E-state index in [1.807, 2.05) is 6.92 Å². The third-order valence-corrected chi connectivity index (χ3v) is 4.13. The van der Waals surface area contributed by atoms with E-state index in [2.05, 4.69) is 45.9 Å². The third kappa shape index (κ3) is 7.26. The summed E-state index contributed by atoms with van der Waals surface area (Å²) in [6.45, 7) is 9.65. The van der Waals surface area contributed by atoms with E-state index in [-0.39, 0.29) is 36.1 Å². The van der Waals surface area contributed by atoms with Gasteiger partial charge in [0.2, 0.25) is 0 Å². The van der Waals surface area contributed by atoms with Gasteiger partial charge in [0.25, 0.3) is 0 Å². The van der Waals surface area contributed by atoms with Gasteiger partial charge in [-0.05, 0) is 42.4 Å². The Bertz CT molecular complexity index is 410. The fourth-order valence-electron chi connectivity index (χ4n) is 2.34. The predicted molar refractivity (Wildman–Crippen MR) is 106 cm³/mol. The molecule has 0 aliphatic rings. The number of hydrogen-bond acceptors (Lipinski definition) is 4. The minimum atomic E-state index is 0. The Kier molecular flexibility index (Phi) is 11.9. The molecule has 0 saturated carbocycles. The van der Waals surface area contributed by atoms with Crippen molar-refractivity contribution in [3.05, 3.63) is 22.4 Å². The Labute approximate surface area is 155 Å². The lowest BCUT2D eigenvalue weighted by atomic mass is 10.1. The molecule has 0 radical (unpaired) electrons. The number of nitrogens with one attached hydrogen (secondary N) is 1. The van der Waals surface area contributed by atoms with E-state index in [1.165, 1.54) is 5.56 Å². The Balaban J connectivity index is 0.00000441. The van der Waals surface area contributed by atoms with E-state index in [9.17, 15) is 0 Å². The SMILES string of the molecule is CCN(CC)C(CN=C(N)NC(C)COC)c1ccsc1.I. The number of rotatable bonds is 9. The summed E-state index contributed by atoms with van der Waals surface area (Å²) in [5, 5.41) is 7.44. The minimum Gasteiger partial charge on any atom is -0.383 e. The van der Waals surface area contributed by atoms with E-state index >= 15 is 0 Å². The molecule has 0 saturated heterocycles. The van der Waals surface area contributed by atoms with Crippen molar-refractivity contribution in [2.24, 2.45) is 10.7 Å². The summed E-state index contributed by atoms with van der Waals surface area (Å²) < 4.78 is 5.08. The fraction of sp³-hybridized carbons (Fsp3) is 0.667. The first-order chi connectivity index (χ1) is 10.1. The molecule has 1 heterocycles. The molecule has 0 bridgehead atoms. The highest BCUT2D eigenvalue weighted by atomic mass is 127. The maximum Gasteiger partial charge on any atom is 0.188 e. The number of hydrogen-bond donors (Lipinski definition) is 2. The average molecular weight is 440 g/mol. The van der Waals surface area contributed by atoms with E-state index in [0.29, 0.717) is 19.1 Å². The van der Waals surface area contributed by atoms with Crippen LogP contribution in [0.3, 0.4) is 0 Å². The number of nitrogens with two attached hydrogens (primary N) is 1. The molecule has 128 valence electrons. The van der Waals surface area contributed by atoms with Gasteiger partial charge in [-0.15, -0.1) is 24.0 Å². The molecule has 0 amide bonds. The molecule has 5 nitrogen and oxygen atoms in total. The zero-order chi connectivity index (χ0) is 15.7. The zero-order valence-electron chi connectivity index (χ0n) is 13.9. The number of ether oxygens (including phenoxy) is 1. The molecule has 0 spiro atoms. The lowest BCUT2D eigenvalue weighted by Gasteiger charge is -2.28. The van der Waals surface area contributed by atoms with Crippen molar-refractivity contribution in [2.45, 2.75) is 32.9 Å². The molecule has 7 heteroatoms. The number of guanidine groups is 1. The molecule has 0 aromatic carbocycles. The van der Waals surface area contributed by atoms with Crippen LogP contribution in [0, 0.1) is 0 Å². The van der Waals surface area contributed by atoms with Crippen molar-refractivity contribution in [1.82, 2.24) is 10.2 Å². The molecule has 0 fully saturated rings. The highest BCUT2D eigenvalue weighted by molar-refractivity contribution is 14.0. The number of methoxy groups -OCH3 is 1. The van der Waals surface area contributed by atoms with Gasteiger partial charge in [-0.3, -0.25) is 9.89 Å². The largest absolute Gasteiger partial charge is 0.383 e. The molecule has 1 rings (SSSR count). The first kappa shape index (κ1) is 21.6. The van der Waals surface area contributed by atoms with Gasteiger partial charge in [0, 0.05) is 13.2 Å². The topological polar surface area (TPSA) is 62.9 Å². The van der Waals surface area contributed by atoms with Gasteiger partial charge >= 0.3 is 0 Å². The van der Waals surface area contributed by atoms with Crippen molar-refractivity contribution in [3.8, 4) is 0 Å². The summed E-state index contributed by atoms with van der Waals surface area (Å²) in [4.78, 5) is 6.91. The highest BCUT2D eigenvalue weighted by Crippen LogP contribution is 2.23. The van der Waals surface area contributed by atoms with Gasteiger partial charge in [0.1, 0.15) is 0 Å². The summed E-state index contributed by atoms with van der Waals surface area (Å²) in [6.07, 6.45) is 0. The molecule has 1 aromatic heterocycles. The number of thiophene rings is 1. The summed E-state index contributed by atoms with van der Waals surface area (Å²) >= 11 is 1.72. The Hall–Kier alpha value is -0.380. The van der Waals surface area contributed by atoms with Crippen molar-refractivity contribution in [3.63, 3.8) is 0 Å². The first-order valence-electron chi connectivity index (χ1n) is 7.43. The normalized spacial score (nSPS) is 14.5. The van der Waals surface area contributed by atoms with E-state index in [4.69, 9.17) is 10.5 Å². The third-order valence-electron chi connectivity index (χ3n) is 3.43. The van der Waals surface area contributed by atoms with Crippen molar-refractivity contribution in [2.75, 3.05) is 33.4 Å². The van der Waals surface area contributed by atoms with Crippen LogP contribution in [0.1, 0.15) is 32.4 Å². The van der Waals surface area contributed by atoms with Gasteiger partial charge in [0.05, 0.1) is 19.2 Å². The number of nitrogens with zero attached hydrogens (tertiary/aromatic N) is 2. The summed E-state index contributed by atoms with van der Waals surface area (Å²) in [7, 11) is 1.68. The van der Waals surface area contributed by atoms with Crippen LogP contribution in [0.5, 0.6) is 0 Å². The standard InChI is InChI=1S/C15H28N4OS.HI/c1-5-19(6-2)14(13-7-8-21-11-13)9-17-15(16)18-12(3)10-20-4;/h7-8,11-12,14H,5-6,9-10H2,1-4H3,(H3,16,17,18);1H. The number of likely N-dealkylation sites (N-methyl/N-ethyl adjacent to an activating group) is 1. The maximum absolute atomic E-state index is 5.96. The van der Waals surface area contributed by atoms with Gasteiger partial charge in [-0.1, -0.05) is 13.8 Å². The molecule has 1 aromatic rings. The maximum atomic E-state index is 5.96. The van der Waals surface area contributed by atoms with Crippen LogP contribution >= 0.6 is 35.3 Å². The smallest absolute Gasteiger partial charge is 0.188 e. The zero-order valence-corrected chi connectivity index (χ0v) is 17.1. The van der Waals surface area contributed by atoms with Crippen LogP contribution in [0.15, 0.2) is 21.8 Å². The average Bonchev–Trinajstić information content (AvgIpc) is 2.97. The van der Waals surface area contributed by atoms with Gasteiger partial charge in [-0.25, -0.2) is 0 Å². The molecular weight excluding hydrogens is 411 g/mol. The second-order valence-electron chi connectivity index (χ2n) is 5.02. The quantitative estimate of drug-likeness (QED) is 0.352. The van der Waals surface area contributed by atoms with Gasteiger partial charge in [0.15, 0.2) is 5.96 Å².